The van der Waals surface area contributed by atoms with Gasteiger partial charge >= 0.3 is 0 Å². The predicted octanol–water partition coefficient (Wildman–Crippen LogP) is 2.77. The molecule has 31 heavy (non-hydrogen) atoms. The summed E-state index contributed by atoms with van der Waals surface area (Å²) >= 11 is 0. The molecule has 1 N–H and O–H groups in total. The Bertz CT molecular complexity index is 1050. The summed E-state index contributed by atoms with van der Waals surface area (Å²) in [5.41, 5.74) is 1.33. The molecule has 0 bridgehead atoms. The van der Waals surface area contributed by atoms with Crippen LogP contribution in [-0.2, 0) is 19.6 Å². The molecule has 1 amide bonds. The number of morpholine rings is 1. The van der Waals surface area contributed by atoms with E-state index in [1.807, 2.05) is 31.2 Å². The Morgan fingerprint density at radius 1 is 1.16 bits per heavy atom. The zero-order valence-electron chi connectivity index (χ0n) is 17.5. The molecule has 166 valence electrons. The maximum atomic E-state index is 12.8. The normalized spacial score (nSPS) is 15.0. The van der Waals surface area contributed by atoms with Gasteiger partial charge in [-0.15, -0.1) is 0 Å². The van der Waals surface area contributed by atoms with Crippen LogP contribution in [0.5, 0.6) is 11.5 Å². The number of allylic oxidation sites excluding steroid dienone is 1. The Labute approximate surface area is 182 Å². The van der Waals surface area contributed by atoms with Crippen LogP contribution in [0.15, 0.2) is 53.4 Å². The summed E-state index contributed by atoms with van der Waals surface area (Å²) in [5.74, 6) is 0.539. The van der Waals surface area contributed by atoms with Crippen LogP contribution in [0.2, 0.25) is 0 Å². The largest absolute Gasteiger partial charge is 0.493 e. The number of carbonyl (C=O) groups is 1. The molecule has 2 aromatic rings. The molecule has 0 radical (unpaired) electrons. The Hall–Kier alpha value is -2.88. The van der Waals surface area contributed by atoms with E-state index < -0.39 is 15.9 Å². The Morgan fingerprint density at radius 3 is 2.65 bits per heavy atom. The zero-order valence-corrected chi connectivity index (χ0v) is 18.4. The van der Waals surface area contributed by atoms with Crippen LogP contribution in [0.4, 0.5) is 5.69 Å². The minimum atomic E-state index is -3.64. The number of rotatable bonds is 8. The molecule has 1 aliphatic heterocycles. The van der Waals surface area contributed by atoms with Crippen molar-refractivity contribution in [3.05, 3.63) is 54.1 Å². The lowest BCUT2D eigenvalue weighted by molar-refractivity contribution is -0.118. The summed E-state index contributed by atoms with van der Waals surface area (Å²) in [7, 11) is -2.11. The van der Waals surface area contributed by atoms with Crippen molar-refractivity contribution >= 4 is 27.7 Å². The van der Waals surface area contributed by atoms with Crippen LogP contribution in [0.3, 0.4) is 0 Å². The van der Waals surface area contributed by atoms with E-state index in [1.54, 1.807) is 18.2 Å². The number of anilines is 1. The van der Waals surface area contributed by atoms with Crippen LogP contribution < -0.4 is 14.8 Å². The van der Waals surface area contributed by atoms with E-state index in [0.717, 1.165) is 5.56 Å². The highest BCUT2D eigenvalue weighted by Gasteiger charge is 2.26. The van der Waals surface area contributed by atoms with Gasteiger partial charge in [0.2, 0.25) is 10.0 Å². The summed E-state index contributed by atoms with van der Waals surface area (Å²) in [5, 5.41) is 2.67. The number of hydrogen-bond acceptors (Lipinski definition) is 6. The van der Waals surface area contributed by atoms with E-state index in [9.17, 15) is 13.2 Å². The number of ether oxygens (including phenoxy) is 3. The van der Waals surface area contributed by atoms with Gasteiger partial charge in [-0.2, -0.15) is 4.31 Å². The monoisotopic (exact) mass is 446 g/mol. The summed E-state index contributed by atoms with van der Waals surface area (Å²) < 4.78 is 43.1. The number of benzene rings is 2. The van der Waals surface area contributed by atoms with Crippen molar-refractivity contribution in [2.45, 2.75) is 11.8 Å². The maximum Gasteiger partial charge on any atom is 0.262 e. The van der Waals surface area contributed by atoms with Crippen LogP contribution >= 0.6 is 0 Å². The maximum absolute atomic E-state index is 12.8. The fourth-order valence-corrected chi connectivity index (χ4v) is 4.56. The van der Waals surface area contributed by atoms with Crippen molar-refractivity contribution in [3.8, 4) is 11.5 Å². The van der Waals surface area contributed by atoms with E-state index in [0.29, 0.717) is 43.5 Å². The lowest BCUT2D eigenvalue weighted by Crippen LogP contribution is -2.40. The van der Waals surface area contributed by atoms with Gasteiger partial charge in [0.25, 0.3) is 5.91 Å². The van der Waals surface area contributed by atoms with Crippen LogP contribution in [-0.4, -0.2) is 58.7 Å². The van der Waals surface area contributed by atoms with Gasteiger partial charge in [0, 0.05) is 18.8 Å². The van der Waals surface area contributed by atoms with Crippen molar-refractivity contribution in [1.29, 1.82) is 0 Å². The average Bonchev–Trinajstić information content (AvgIpc) is 2.79. The van der Waals surface area contributed by atoms with E-state index in [2.05, 4.69) is 5.32 Å². The van der Waals surface area contributed by atoms with Crippen LogP contribution in [0.25, 0.3) is 6.08 Å². The number of methoxy groups -OCH3 is 1. The molecule has 2 aromatic carbocycles. The van der Waals surface area contributed by atoms with Crippen molar-refractivity contribution in [3.63, 3.8) is 0 Å². The van der Waals surface area contributed by atoms with E-state index in [-0.39, 0.29) is 11.5 Å². The van der Waals surface area contributed by atoms with Gasteiger partial charge in [-0.1, -0.05) is 24.3 Å². The molecule has 1 saturated heterocycles. The molecular formula is C22H26N2O6S. The van der Waals surface area contributed by atoms with Crippen molar-refractivity contribution in [2.24, 2.45) is 0 Å². The first-order valence-electron chi connectivity index (χ1n) is 9.85. The highest BCUT2D eigenvalue weighted by atomic mass is 32.2. The lowest BCUT2D eigenvalue weighted by Gasteiger charge is -2.26. The molecule has 0 atom stereocenters. The Morgan fingerprint density at radius 2 is 1.94 bits per heavy atom. The second-order valence-electron chi connectivity index (χ2n) is 6.79. The fraction of sp³-hybridized carbons (Fsp3) is 0.318. The summed E-state index contributed by atoms with van der Waals surface area (Å²) in [6, 6.07) is 11.6. The van der Waals surface area contributed by atoms with Gasteiger partial charge in [-0.05, 0) is 42.8 Å². The third-order valence-electron chi connectivity index (χ3n) is 4.63. The molecule has 1 fully saturated rings. The highest BCUT2D eigenvalue weighted by Crippen LogP contribution is 2.28. The molecular weight excluding hydrogens is 420 g/mol. The minimum absolute atomic E-state index is 0.120. The minimum Gasteiger partial charge on any atom is -0.493 e. The van der Waals surface area contributed by atoms with E-state index in [1.165, 1.54) is 23.5 Å². The third kappa shape index (κ3) is 5.84. The lowest BCUT2D eigenvalue weighted by atomic mass is 10.2. The first-order valence-corrected chi connectivity index (χ1v) is 11.3. The highest BCUT2D eigenvalue weighted by molar-refractivity contribution is 7.89. The van der Waals surface area contributed by atoms with Gasteiger partial charge in [0.1, 0.15) is 0 Å². The summed E-state index contributed by atoms with van der Waals surface area (Å²) in [4.78, 5) is 12.5. The molecule has 0 aromatic heterocycles. The number of hydrogen-bond donors (Lipinski definition) is 1. The summed E-state index contributed by atoms with van der Waals surface area (Å²) in [6.45, 7) is 3.02. The fourth-order valence-electron chi connectivity index (χ4n) is 3.11. The van der Waals surface area contributed by atoms with Gasteiger partial charge < -0.3 is 19.5 Å². The van der Waals surface area contributed by atoms with Gasteiger partial charge in [0.15, 0.2) is 18.1 Å². The van der Waals surface area contributed by atoms with Crippen molar-refractivity contribution in [1.82, 2.24) is 4.31 Å². The van der Waals surface area contributed by atoms with Gasteiger partial charge in [-0.25, -0.2) is 8.42 Å². The third-order valence-corrected chi connectivity index (χ3v) is 6.53. The number of carbonyl (C=O) groups excluding carboxylic acids is 1. The Balaban J connectivity index is 1.64. The molecule has 0 aliphatic carbocycles. The van der Waals surface area contributed by atoms with E-state index in [4.69, 9.17) is 14.2 Å². The smallest absolute Gasteiger partial charge is 0.262 e. The Kier molecular flexibility index (Phi) is 7.67. The van der Waals surface area contributed by atoms with Crippen LogP contribution in [0.1, 0.15) is 12.5 Å². The molecule has 3 rings (SSSR count). The quantitative estimate of drug-likeness (QED) is 0.670. The number of sulfonamides is 1. The second-order valence-corrected chi connectivity index (χ2v) is 8.73. The zero-order chi connectivity index (χ0) is 22.3. The number of nitrogens with zero attached hydrogens (tertiary/aromatic N) is 1. The molecule has 1 aliphatic rings. The molecule has 0 spiro atoms. The topological polar surface area (TPSA) is 94.2 Å². The predicted molar refractivity (Wildman–Crippen MR) is 118 cm³/mol. The average molecular weight is 447 g/mol. The first-order chi connectivity index (χ1) is 14.9. The SMILES string of the molecule is C/C=C/c1ccc(OCC(=O)Nc2cccc(S(=O)(=O)N3CCOCC3)c2)c(OC)c1. The van der Waals surface area contributed by atoms with Crippen molar-refractivity contribution < 1.29 is 27.4 Å². The van der Waals surface area contributed by atoms with Gasteiger partial charge in [0.05, 0.1) is 25.2 Å². The second kappa shape index (κ2) is 10.4. The van der Waals surface area contributed by atoms with Crippen LogP contribution in [0, 0.1) is 0 Å². The molecule has 1 heterocycles. The number of amides is 1. The van der Waals surface area contributed by atoms with Gasteiger partial charge in [-0.3, -0.25) is 4.79 Å². The molecule has 0 saturated carbocycles. The standard InChI is InChI=1S/C22H26N2O6S/c1-3-5-17-8-9-20(21(14-17)28-2)30-16-22(25)23-18-6-4-7-19(15-18)31(26,27)24-10-12-29-13-11-24/h3-9,14-15H,10-13,16H2,1-2H3,(H,23,25)/b5-3+. The van der Waals surface area contributed by atoms with E-state index >= 15 is 0 Å². The molecule has 0 unspecified atom stereocenters. The summed E-state index contributed by atoms with van der Waals surface area (Å²) in [6.07, 6.45) is 3.84. The molecule has 8 nitrogen and oxygen atoms in total. The first kappa shape index (κ1) is 22.8. The molecule has 9 heteroatoms. The van der Waals surface area contributed by atoms with Crippen molar-refractivity contribution in [2.75, 3.05) is 45.3 Å². The number of nitrogens with one attached hydrogen (secondary N) is 1.